The summed E-state index contributed by atoms with van der Waals surface area (Å²) < 4.78 is 41.8. The second-order valence-electron chi connectivity index (χ2n) is 4.90. The van der Waals surface area contributed by atoms with Gasteiger partial charge in [-0.2, -0.15) is 0 Å². The van der Waals surface area contributed by atoms with Gasteiger partial charge in [0, 0.05) is 15.5 Å². The number of hydrogen-bond acceptors (Lipinski definition) is 3. The van der Waals surface area contributed by atoms with Crippen molar-refractivity contribution in [3.63, 3.8) is 0 Å². The fourth-order valence-electron chi connectivity index (χ4n) is 2.12. The molecule has 1 atom stereocenters. The molecule has 1 unspecified atom stereocenters. The van der Waals surface area contributed by atoms with Crippen molar-refractivity contribution in [2.45, 2.75) is 10.1 Å². The molecule has 2 aromatic carbocycles. The molecule has 2 rings (SSSR count). The van der Waals surface area contributed by atoms with Crippen LogP contribution in [0.5, 0.6) is 0 Å². The molecule has 0 heterocycles. The van der Waals surface area contributed by atoms with E-state index in [0.29, 0.717) is 33.8 Å². The summed E-state index contributed by atoms with van der Waals surface area (Å²) in [6.07, 6.45) is 0. The number of benzene rings is 2. The predicted octanol–water partition coefficient (Wildman–Crippen LogP) is 4.38. The van der Waals surface area contributed by atoms with Gasteiger partial charge in [-0.3, -0.25) is 9.59 Å². The Hall–Kier alpha value is -2.19. The Morgan fingerprint density at radius 2 is 1.44 bits per heavy atom. The van der Waals surface area contributed by atoms with Crippen LogP contribution in [0.25, 0.3) is 0 Å². The molecule has 0 amide bonds. The summed E-state index contributed by atoms with van der Waals surface area (Å²) in [6.45, 7) is 0. The summed E-state index contributed by atoms with van der Waals surface area (Å²) in [5.74, 6) is -10.1. The molecule has 0 aliphatic heterocycles. The van der Waals surface area contributed by atoms with E-state index in [4.69, 9.17) is 11.6 Å². The lowest BCUT2D eigenvalue weighted by molar-refractivity contribution is -0.154. The molecule has 9 heteroatoms. The van der Waals surface area contributed by atoms with Crippen molar-refractivity contribution in [1.82, 2.24) is 0 Å². The molecule has 0 aromatic heterocycles. The Morgan fingerprint density at radius 3 is 1.96 bits per heavy atom. The first-order chi connectivity index (χ1) is 11.7. The first-order valence-electron chi connectivity index (χ1n) is 6.73. The van der Waals surface area contributed by atoms with Crippen molar-refractivity contribution in [2.24, 2.45) is 5.92 Å². The van der Waals surface area contributed by atoms with Gasteiger partial charge in [0.15, 0.2) is 17.6 Å². The lowest BCUT2D eigenvalue weighted by Gasteiger charge is -2.22. The molecule has 0 bridgehead atoms. The number of thioether (sulfide) groups is 1. The van der Waals surface area contributed by atoms with Crippen LogP contribution in [0.4, 0.5) is 13.2 Å². The zero-order valence-electron chi connectivity index (χ0n) is 12.2. The van der Waals surface area contributed by atoms with E-state index in [2.05, 4.69) is 0 Å². The van der Waals surface area contributed by atoms with E-state index >= 15 is 0 Å². The minimum absolute atomic E-state index is 0.310. The molecule has 0 saturated heterocycles. The molecule has 4 nitrogen and oxygen atoms in total. The maximum Gasteiger partial charge on any atom is 0.319 e. The summed E-state index contributed by atoms with van der Waals surface area (Å²) in [4.78, 5) is 23.0. The first kappa shape index (κ1) is 19.1. The van der Waals surface area contributed by atoms with Crippen molar-refractivity contribution < 1.29 is 33.0 Å². The molecule has 0 fully saturated rings. The van der Waals surface area contributed by atoms with Crippen molar-refractivity contribution in [2.75, 3.05) is 0 Å². The minimum Gasteiger partial charge on any atom is -0.481 e. The van der Waals surface area contributed by atoms with Crippen LogP contribution < -0.4 is 0 Å². The van der Waals surface area contributed by atoms with Gasteiger partial charge in [0.2, 0.25) is 0 Å². The second-order valence-corrected chi connectivity index (χ2v) is 6.55. The highest BCUT2D eigenvalue weighted by molar-refractivity contribution is 7.99. The lowest BCUT2D eigenvalue weighted by Crippen LogP contribution is -2.29. The Balaban J connectivity index is 2.60. The van der Waals surface area contributed by atoms with Gasteiger partial charge < -0.3 is 10.2 Å². The molecule has 0 aliphatic rings. The van der Waals surface area contributed by atoms with Crippen LogP contribution in [0.1, 0.15) is 10.8 Å². The standard InChI is InChI=1S/C16H10ClF3O4S/c17-7-1-3-8(4-2-7)25-14(12(15(21)22)16(23)24)11-9(18)5-6-10(19)13(11)20/h1-6,12,14H,(H,21,22)(H,23,24). The molecule has 0 radical (unpaired) electrons. The quantitative estimate of drug-likeness (QED) is 0.435. The van der Waals surface area contributed by atoms with E-state index in [1.807, 2.05) is 0 Å². The fraction of sp³-hybridized carbons (Fsp3) is 0.125. The average Bonchev–Trinajstić information content (AvgIpc) is 2.52. The third-order valence-electron chi connectivity index (χ3n) is 3.28. The van der Waals surface area contributed by atoms with Crippen LogP contribution >= 0.6 is 23.4 Å². The molecular weight excluding hydrogens is 381 g/mol. The van der Waals surface area contributed by atoms with Gasteiger partial charge in [-0.15, -0.1) is 11.8 Å². The number of rotatable bonds is 6. The van der Waals surface area contributed by atoms with Crippen molar-refractivity contribution in [3.8, 4) is 0 Å². The van der Waals surface area contributed by atoms with Gasteiger partial charge in [0.25, 0.3) is 0 Å². The average molecular weight is 391 g/mol. The van der Waals surface area contributed by atoms with E-state index in [0.717, 1.165) is 0 Å². The Kier molecular flexibility index (Phi) is 5.97. The van der Waals surface area contributed by atoms with E-state index in [1.54, 1.807) is 0 Å². The SMILES string of the molecule is O=C(O)C(C(=O)O)C(Sc1ccc(Cl)cc1)c1c(F)ccc(F)c1F. The third-order valence-corrected chi connectivity index (χ3v) is 4.83. The van der Waals surface area contributed by atoms with E-state index in [9.17, 15) is 33.0 Å². The highest BCUT2D eigenvalue weighted by atomic mass is 35.5. The summed E-state index contributed by atoms with van der Waals surface area (Å²) in [6, 6.07) is 6.88. The first-order valence-corrected chi connectivity index (χ1v) is 7.99. The number of hydrogen-bond donors (Lipinski definition) is 2. The lowest BCUT2D eigenvalue weighted by atomic mass is 9.97. The van der Waals surface area contributed by atoms with Gasteiger partial charge in [-0.1, -0.05) is 11.6 Å². The van der Waals surface area contributed by atoms with Crippen LogP contribution in [-0.2, 0) is 9.59 Å². The Morgan fingerprint density at radius 1 is 0.920 bits per heavy atom. The summed E-state index contributed by atoms with van der Waals surface area (Å²) in [5.41, 5.74) is -0.949. The summed E-state index contributed by atoms with van der Waals surface area (Å²) >= 11 is 6.32. The fourth-order valence-corrected chi connectivity index (χ4v) is 3.54. The van der Waals surface area contributed by atoms with Crippen LogP contribution in [0, 0.1) is 23.4 Å². The molecular formula is C16H10ClF3O4S. The summed E-state index contributed by atoms with van der Waals surface area (Å²) in [5, 5.41) is 17.0. The van der Waals surface area contributed by atoms with E-state index in [-0.39, 0.29) is 0 Å². The molecule has 25 heavy (non-hydrogen) atoms. The largest absolute Gasteiger partial charge is 0.481 e. The number of carboxylic acids is 2. The molecule has 0 saturated carbocycles. The zero-order valence-corrected chi connectivity index (χ0v) is 13.8. The highest BCUT2D eigenvalue weighted by Crippen LogP contribution is 2.43. The molecule has 2 aromatic rings. The van der Waals surface area contributed by atoms with E-state index < -0.39 is 46.1 Å². The predicted molar refractivity (Wildman–Crippen MR) is 85.1 cm³/mol. The van der Waals surface area contributed by atoms with Gasteiger partial charge in [0.05, 0.1) is 5.25 Å². The number of carboxylic acid groups (broad SMARTS) is 2. The molecule has 132 valence electrons. The van der Waals surface area contributed by atoms with E-state index in [1.165, 1.54) is 24.3 Å². The van der Waals surface area contributed by atoms with Crippen LogP contribution in [-0.4, -0.2) is 22.2 Å². The maximum absolute atomic E-state index is 14.1. The third kappa shape index (κ3) is 4.26. The van der Waals surface area contributed by atoms with Crippen LogP contribution in [0.15, 0.2) is 41.3 Å². The second kappa shape index (κ2) is 7.79. The zero-order chi connectivity index (χ0) is 18.7. The number of aliphatic carboxylic acids is 2. The smallest absolute Gasteiger partial charge is 0.319 e. The number of halogens is 4. The molecule has 0 aliphatic carbocycles. The van der Waals surface area contributed by atoms with Crippen LogP contribution in [0.2, 0.25) is 5.02 Å². The molecule has 2 N–H and O–H groups in total. The van der Waals surface area contributed by atoms with Crippen molar-refractivity contribution in [3.05, 3.63) is 64.4 Å². The molecule has 0 spiro atoms. The van der Waals surface area contributed by atoms with Gasteiger partial charge in [-0.05, 0) is 36.4 Å². The maximum atomic E-state index is 14.1. The van der Waals surface area contributed by atoms with Gasteiger partial charge in [-0.25, -0.2) is 13.2 Å². The Bertz CT molecular complexity index is 800. The monoisotopic (exact) mass is 390 g/mol. The normalized spacial score (nSPS) is 12.2. The van der Waals surface area contributed by atoms with Crippen molar-refractivity contribution >= 4 is 35.3 Å². The van der Waals surface area contributed by atoms with Crippen molar-refractivity contribution in [1.29, 1.82) is 0 Å². The van der Waals surface area contributed by atoms with Crippen LogP contribution in [0.3, 0.4) is 0 Å². The highest BCUT2D eigenvalue weighted by Gasteiger charge is 2.40. The van der Waals surface area contributed by atoms with Gasteiger partial charge in [0.1, 0.15) is 5.82 Å². The minimum atomic E-state index is -2.20. The number of carbonyl (C=O) groups is 2. The Labute approximate surface area is 149 Å². The summed E-state index contributed by atoms with van der Waals surface area (Å²) in [7, 11) is 0. The van der Waals surface area contributed by atoms with Gasteiger partial charge >= 0.3 is 11.9 Å². The topological polar surface area (TPSA) is 74.6 Å².